The number of hydrogen-bond donors (Lipinski definition) is 0. The molecule has 234 valence electrons. The van der Waals surface area contributed by atoms with Crippen LogP contribution in [0.25, 0.3) is 11.3 Å². The smallest absolute Gasteiger partial charge is 0.259 e. The third kappa shape index (κ3) is 5.49. The fraction of sp³-hybridized carbons (Fsp3) is 0.368. The maximum atomic E-state index is 14.7. The third-order valence-corrected chi connectivity index (χ3v) is 8.49. The molecule has 0 bridgehead atoms. The molecule has 3 aromatic rings. The first-order valence-corrected chi connectivity index (χ1v) is 16.1. The number of aliphatic imine (C=N–C) groups is 1. The highest BCUT2D eigenvalue weighted by Gasteiger charge is 2.45. The molecule has 0 fully saturated rings. The zero-order valence-electron chi connectivity index (χ0n) is 27.2. The number of carbonyl (C=O) groups excluding carboxylic acids is 1. The summed E-state index contributed by atoms with van der Waals surface area (Å²) in [5.74, 6) is 2.67. The molecule has 0 atom stereocenters. The first-order chi connectivity index (χ1) is 21.8. The summed E-state index contributed by atoms with van der Waals surface area (Å²) in [5.41, 5.74) is 7.89. The molecule has 7 heteroatoms. The SMILES string of the molecule is CCOc1ccc(C(C2=NCCc3cc(OCC)c(OCC)cc32)=C2C=C3c4ccccc4CC(C)(C)N3C2=O)cc1OCC. The Hall–Kier alpha value is -4.52. The molecule has 0 N–H and O–H groups in total. The number of hydrogen-bond acceptors (Lipinski definition) is 6. The summed E-state index contributed by atoms with van der Waals surface area (Å²) in [6, 6.07) is 18.4. The summed E-state index contributed by atoms with van der Waals surface area (Å²) in [7, 11) is 0. The van der Waals surface area contributed by atoms with Gasteiger partial charge in [-0.2, -0.15) is 0 Å². The lowest BCUT2D eigenvalue weighted by molar-refractivity contribution is -0.126. The Kier molecular flexibility index (Phi) is 8.45. The number of amides is 1. The van der Waals surface area contributed by atoms with Gasteiger partial charge in [0.1, 0.15) is 0 Å². The zero-order valence-corrected chi connectivity index (χ0v) is 27.2. The molecule has 0 spiro atoms. The third-order valence-electron chi connectivity index (χ3n) is 8.49. The van der Waals surface area contributed by atoms with Crippen LogP contribution in [0.2, 0.25) is 0 Å². The number of benzene rings is 3. The molecule has 0 unspecified atom stereocenters. The predicted molar refractivity (Wildman–Crippen MR) is 179 cm³/mol. The topological polar surface area (TPSA) is 69.6 Å². The van der Waals surface area contributed by atoms with Crippen molar-refractivity contribution in [3.8, 4) is 23.0 Å². The number of rotatable bonds is 10. The average Bonchev–Trinajstić information content (AvgIpc) is 3.37. The Balaban J connectivity index is 1.62. The molecule has 1 amide bonds. The average molecular weight is 607 g/mol. The van der Waals surface area contributed by atoms with Gasteiger partial charge in [-0.3, -0.25) is 9.79 Å². The molecule has 0 saturated heterocycles. The monoisotopic (exact) mass is 606 g/mol. The molecule has 7 nitrogen and oxygen atoms in total. The minimum absolute atomic E-state index is 0.0304. The van der Waals surface area contributed by atoms with Gasteiger partial charge in [0.05, 0.1) is 43.4 Å². The fourth-order valence-corrected chi connectivity index (χ4v) is 6.72. The van der Waals surface area contributed by atoms with Gasteiger partial charge in [-0.1, -0.05) is 30.3 Å². The molecule has 0 aromatic heterocycles. The highest BCUT2D eigenvalue weighted by molar-refractivity contribution is 6.38. The van der Waals surface area contributed by atoms with E-state index in [0.29, 0.717) is 55.8 Å². The van der Waals surface area contributed by atoms with E-state index >= 15 is 0 Å². The standard InChI is InChI=1S/C38H42N2O5/c1-7-42-31-16-15-25(20-32(31)43-8-2)35(36-28-22-34(45-10-4)33(44-9-3)19-24(28)17-18-39-36)29-21-30-27-14-12-11-13-26(27)23-38(5,6)40(30)37(29)41/h11-16,19-22H,7-10,17-18,23H2,1-6H3. The van der Waals surface area contributed by atoms with E-state index in [4.69, 9.17) is 23.9 Å². The van der Waals surface area contributed by atoms with E-state index in [0.717, 1.165) is 57.8 Å². The molecule has 0 aliphatic carbocycles. The molecule has 0 saturated carbocycles. The molecule has 3 aromatic carbocycles. The zero-order chi connectivity index (χ0) is 31.7. The molecule has 6 rings (SSSR count). The van der Waals surface area contributed by atoms with Crippen LogP contribution in [0.15, 0.2) is 71.2 Å². The number of nitrogens with zero attached hydrogens (tertiary/aromatic N) is 2. The van der Waals surface area contributed by atoms with Crippen molar-refractivity contribution < 1.29 is 23.7 Å². The van der Waals surface area contributed by atoms with Crippen molar-refractivity contribution in [3.63, 3.8) is 0 Å². The number of carbonyl (C=O) groups is 1. The Morgan fingerprint density at radius 2 is 1.42 bits per heavy atom. The Labute approximate surface area is 266 Å². The van der Waals surface area contributed by atoms with Crippen molar-refractivity contribution in [3.05, 3.63) is 94.1 Å². The Morgan fingerprint density at radius 3 is 2.13 bits per heavy atom. The van der Waals surface area contributed by atoms with Gasteiger partial charge in [-0.25, -0.2) is 0 Å². The summed E-state index contributed by atoms with van der Waals surface area (Å²) in [6.07, 6.45) is 3.60. The number of ether oxygens (including phenoxy) is 4. The van der Waals surface area contributed by atoms with E-state index in [-0.39, 0.29) is 5.91 Å². The van der Waals surface area contributed by atoms with Crippen molar-refractivity contribution in [1.29, 1.82) is 0 Å². The molecular weight excluding hydrogens is 564 g/mol. The van der Waals surface area contributed by atoms with Crippen LogP contribution < -0.4 is 18.9 Å². The normalized spacial score (nSPS) is 17.5. The minimum Gasteiger partial charge on any atom is -0.490 e. The van der Waals surface area contributed by atoms with Gasteiger partial charge in [0.15, 0.2) is 23.0 Å². The number of fused-ring (bicyclic) bond motifs is 4. The van der Waals surface area contributed by atoms with Crippen LogP contribution >= 0.6 is 0 Å². The lowest BCUT2D eigenvalue weighted by Gasteiger charge is -2.42. The van der Waals surface area contributed by atoms with Gasteiger partial charge in [-0.05, 0) is 101 Å². The quantitative estimate of drug-likeness (QED) is 0.227. The molecule has 3 aliphatic rings. The summed E-state index contributed by atoms with van der Waals surface area (Å²) in [4.78, 5) is 21.8. The van der Waals surface area contributed by atoms with Gasteiger partial charge < -0.3 is 23.8 Å². The number of allylic oxidation sites excluding steroid dienone is 1. The second-order valence-corrected chi connectivity index (χ2v) is 11.9. The van der Waals surface area contributed by atoms with E-state index in [1.54, 1.807) is 0 Å². The second-order valence-electron chi connectivity index (χ2n) is 11.9. The second kappa shape index (κ2) is 12.5. The van der Waals surface area contributed by atoms with Crippen molar-refractivity contribution in [1.82, 2.24) is 4.90 Å². The van der Waals surface area contributed by atoms with E-state index in [2.05, 4.69) is 44.2 Å². The summed E-state index contributed by atoms with van der Waals surface area (Å²) in [5, 5.41) is 0. The van der Waals surface area contributed by atoms with Crippen molar-refractivity contribution in [2.24, 2.45) is 4.99 Å². The minimum atomic E-state index is -0.403. The molecule has 0 radical (unpaired) electrons. The van der Waals surface area contributed by atoms with Crippen LogP contribution in [0.4, 0.5) is 0 Å². The van der Waals surface area contributed by atoms with E-state index < -0.39 is 5.54 Å². The van der Waals surface area contributed by atoms with Crippen LogP contribution in [0.5, 0.6) is 23.0 Å². The van der Waals surface area contributed by atoms with Crippen LogP contribution in [-0.4, -0.2) is 55.0 Å². The van der Waals surface area contributed by atoms with Crippen molar-refractivity contribution in [2.45, 2.75) is 59.9 Å². The fourth-order valence-electron chi connectivity index (χ4n) is 6.72. The van der Waals surface area contributed by atoms with Crippen LogP contribution in [0.1, 0.15) is 69.4 Å². The molecule has 3 heterocycles. The van der Waals surface area contributed by atoms with Crippen molar-refractivity contribution >= 4 is 22.9 Å². The first-order valence-electron chi connectivity index (χ1n) is 16.1. The predicted octanol–water partition coefficient (Wildman–Crippen LogP) is 7.30. The van der Waals surface area contributed by atoms with Crippen molar-refractivity contribution in [2.75, 3.05) is 33.0 Å². The summed E-state index contributed by atoms with van der Waals surface area (Å²) < 4.78 is 24.0. The highest BCUT2D eigenvalue weighted by Crippen LogP contribution is 2.46. The maximum absolute atomic E-state index is 14.7. The first kappa shape index (κ1) is 30.5. The highest BCUT2D eigenvalue weighted by atomic mass is 16.5. The van der Waals surface area contributed by atoms with E-state index in [9.17, 15) is 4.79 Å². The maximum Gasteiger partial charge on any atom is 0.259 e. The van der Waals surface area contributed by atoms with Gasteiger partial charge in [0, 0.05) is 28.8 Å². The van der Waals surface area contributed by atoms with Crippen LogP contribution in [-0.2, 0) is 17.6 Å². The summed E-state index contributed by atoms with van der Waals surface area (Å²) >= 11 is 0. The lowest BCUT2D eigenvalue weighted by Crippen LogP contribution is -2.48. The Morgan fingerprint density at radius 1 is 0.778 bits per heavy atom. The van der Waals surface area contributed by atoms with Gasteiger partial charge in [0.2, 0.25) is 0 Å². The molecule has 45 heavy (non-hydrogen) atoms. The van der Waals surface area contributed by atoms with Crippen LogP contribution in [0.3, 0.4) is 0 Å². The lowest BCUT2D eigenvalue weighted by atomic mass is 9.84. The van der Waals surface area contributed by atoms with E-state index in [1.807, 2.05) is 62.9 Å². The van der Waals surface area contributed by atoms with Gasteiger partial charge in [0.25, 0.3) is 5.91 Å². The molecule has 3 aliphatic heterocycles. The van der Waals surface area contributed by atoms with Gasteiger partial charge >= 0.3 is 0 Å². The summed E-state index contributed by atoms with van der Waals surface area (Å²) in [6.45, 7) is 14.8. The van der Waals surface area contributed by atoms with Gasteiger partial charge in [-0.15, -0.1) is 0 Å². The van der Waals surface area contributed by atoms with E-state index in [1.165, 1.54) is 5.56 Å². The molecular formula is C38H42N2O5. The Bertz CT molecular complexity index is 1730. The van der Waals surface area contributed by atoms with Crippen LogP contribution in [0, 0.1) is 0 Å². The largest absolute Gasteiger partial charge is 0.490 e.